The number of nitrogens with one attached hydrogen (secondary N) is 3. The number of ether oxygens (including phenoxy) is 1. The van der Waals surface area contributed by atoms with E-state index in [1.165, 1.54) is 4.90 Å². The number of rotatable bonds is 4. The lowest BCUT2D eigenvalue weighted by atomic mass is 10.1. The molecule has 3 fully saturated rings. The Morgan fingerprint density at radius 3 is 2.50 bits per heavy atom. The summed E-state index contributed by atoms with van der Waals surface area (Å²) >= 11 is 0. The van der Waals surface area contributed by atoms with E-state index >= 15 is 0 Å². The molecule has 0 spiro atoms. The standard InChI is InChI=1S/C29H37N5O7S/c35-25-24-14-22(41-28(38)33-16-19-8-5-6-9-20(19)17-33)18-34(24)27(37)30-13-7-3-1-2-4-10-21-15-29(21,31-25)26(36)32-42(39,40)23-11-12-23/h4-6,8-10,21-24H,1-3,7,11-18H2,(H,30,37)(H,31,35)(H,32,36)/b10-4-. The van der Waals surface area contributed by atoms with Crippen molar-refractivity contribution in [2.75, 3.05) is 13.1 Å². The Morgan fingerprint density at radius 1 is 1.05 bits per heavy atom. The number of sulfonamides is 1. The summed E-state index contributed by atoms with van der Waals surface area (Å²) in [4.78, 5) is 56.3. The summed E-state index contributed by atoms with van der Waals surface area (Å²) in [6, 6.07) is 6.32. The van der Waals surface area contributed by atoms with E-state index in [0.29, 0.717) is 32.5 Å². The summed E-state index contributed by atoms with van der Waals surface area (Å²) in [6.45, 7) is 1.31. The van der Waals surface area contributed by atoms with Crippen molar-refractivity contribution in [1.82, 2.24) is 25.2 Å². The van der Waals surface area contributed by atoms with Gasteiger partial charge in [-0.2, -0.15) is 0 Å². The number of urea groups is 1. The van der Waals surface area contributed by atoms with Gasteiger partial charge in [0.25, 0.3) is 5.91 Å². The van der Waals surface area contributed by atoms with Gasteiger partial charge in [-0.25, -0.2) is 18.0 Å². The number of nitrogens with zero attached hydrogens (tertiary/aromatic N) is 2. The molecule has 3 N–H and O–H groups in total. The van der Waals surface area contributed by atoms with E-state index in [1.54, 1.807) is 4.90 Å². The van der Waals surface area contributed by atoms with Crippen LogP contribution >= 0.6 is 0 Å². The number of carbonyl (C=O) groups excluding carboxylic acids is 4. The number of fused-ring (bicyclic) bond motifs is 3. The van der Waals surface area contributed by atoms with Crippen LogP contribution < -0.4 is 15.4 Å². The summed E-state index contributed by atoms with van der Waals surface area (Å²) in [5.74, 6) is -1.70. The third kappa shape index (κ3) is 5.83. The molecule has 5 amide bonds. The van der Waals surface area contributed by atoms with Gasteiger partial charge in [0, 0.05) is 32.0 Å². The zero-order valence-corrected chi connectivity index (χ0v) is 24.2. The number of hydrogen-bond donors (Lipinski definition) is 3. The number of amides is 5. The second-order valence-electron chi connectivity index (χ2n) is 12.0. The Bertz CT molecular complexity index is 1390. The average Bonchev–Trinajstić information content (AvgIpc) is 3.84. The largest absolute Gasteiger partial charge is 0.444 e. The smallest absolute Gasteiger partial charge is 0.410 e. The SMILES string of the molecule is O=C1NC2(C(=O)NS(=O)(=O)C3CC3)CC2/C=C\CCCCCNC(=O)N2CC(OC(=O)N3Cc4ccccc4C3)CC12. The Hall–Kier alpha value is -3.61. The van der Waals surface area contributed by atoms with Crippen LogP contribution in [0, 0.1) is 5.92 Å². The second kappa shape index (κ2) is 11.2. The minimum absolute atomic E-state index is 0.0229. The molecular weight excluding hydrogens is 562 g/mol. The highest BCUT2D eigenvalue weighted by Gasteiger charge is 2.62. The minimum atomic E-state index is -3.82. The first kappa shape index (κ1) is 28.5. The first-order valence-corrected chi connectivity index (χ1v) is 16.3. The summed E-state index contributed by atoms with van der Waals surface area (Å²) in [5, 5.41) is 5.09. The molecule has 2 saturated carbocycles. The summed E-state index contributed by atoms with van der Waals surface area (Å²) < 4.78 is 33.1. The van der Waals surface area contributed by atoms with Crippen molar-refractivity contribution in [1.29, 1.82) is 0 Å². The summed E-state index contributed by atoms with van der Waals surface area (Å²) in [6.07, 6.45) is 7.24. The van der Waals surface area contributed by atoms with Crippen LogP contribution in [0.25, 0.3) is 0 Å². The number of carbonyl (C=O) groups is 4. The van der Waals surface area contributed by atoms with E-state index in [9.17, 15) is 27.6 Å². The Kier molecular flexibility index (Phi) is 7.62. The third-order valence-corrected chi connectivity index (χ3v) is 10.7. The monoisotopic (exact) mass is 599 g/mol. The van der Waals surface area contributed by atoms with Gasteiger partial charge in [-0.3, -0.25) is 19.2 Å². The van der Waals surface area contributed by atoms with Crippen molar-refractivity contribution < 1.29 is 32.3 Å². The van der Waals surface area contributed by atoms with Crippen molar-refractivity contribution >= 4 is 34.0 Å². The molecule has 4 unspecified atom stereocenters. The van der Waals surface area contributed by atoms with Crippen LogP contribution in [0.1, 0.15) is 62.5 Å². The molecule has 226 valence electrons. The molecule has 1 saturated heterocycles. The quantitative estimate of drug-likeness (QED) is 0.447. The zero-order valence-electron chi connectivity index (χ0n) is 23.4. The predicted molar refractivity (Wildman–Crippen MR) is 151 cm³/mol. The van der Waals surface area contributed by atoms with Crippen molar-refractivity contribution in [3.05, 3.63) is 47.5 Å². The molecule has 13 heteroatoms. The fraction of sp³-hybridized carbons (Fsp3) is 0.586. The molecule has 42 heavy (non-hydrogen) atoms. The predicted octanol–water partition coefficient (Wildman–Crippen LogP) is 1.90. The first-order valence-electron chi connectivity index (χ1n) is 14.8. The van der Waals surface area contributed by atoms with E-state index in [4.69, 9.17) is 4.74 Å². The molecule has 1 aromatic carbocycles. The molecule has 3 heterocycles. The Labute approximate surface area is 245 Å². The molecule has 0 bridgehead atoms. The van der Waals surface area contributed by atoms with Gasteiger partial charge >= 0.3 is 12.1 Å². The Balaban J connectivity index is 1.18. The fourth-order valence-corrected chi connectivity index (χ4v) is 7.49. The van der Waals surface area contributed by atoms with Gasteiger partial charge in [-0.15, -0.1) is 0 Å². The molecule has 4 atom stereocenters. The molecule has 6 rings (SSSR count). The molecule has 5 aliphatic rings. The topological polar surface area (TPSA) is 154 Å². The highest BCUT2D eigenvalue weighted by atomic mass is 32.2. The third-order valence-electron chi connectivity index (χ3n) is 8.85. The van der Waals surface area contributed by atoms with E-state index < -0.39 is 56.9 Å². The van der Waals surface area contributed by atoms with Crippen LogP contribution in [0.4, 0.5) is 9.59 Å². The van der Waals surface area contributed by atoms with Crippen LogP contribution in [0.15, 0.2) is 36.4 Å². The van der Waals surface area contributed by atoms with E-state index in [-0.39, 0.29) is 25.3 Å². The maximum absolute atomic E-state index is 13.7. The first-order chi connectivity index (χ1) is 20.2. The normalized spacial score (nSPS) is 30.4. The summed E-state index contributed by atoms with van der Waals surface area (Å²) in [7, 11) is -3.82. The van der Waals surface area contributed by atoms with E-state index in [2.05, 4.69) is 15.4 Å². The minimum Gasteiger partial charge on any atom is -0.444 e. The lowest BCUT2D eigenvalue weighted by molar-refractivity contribution is -0.131. The zero-order chi connectivity index (χ0) is 29.5. The fourth-order valence-electron chi connectivity index (χ4n) is 6.12. The number of benzene rings is 1. The molecule has 3 aliphatic heterocycles. The van der Waals surface area contributed by atoms with Gasteiger partial charge < -0.3 is 20.3 Å². The molecule has 0 radical (unpaired) electrons. The van der Waals surface area contributed by atoms with Gasteiger partial charge in [-0.1, -0.05) is 42.8 Å². The maximum Gasteiger partial charge on any atom is 0.410 e. The van der Waals surface area contributed by atoms with Crippen molar-refractivity contribution in [3.63, 3.8) is 0 Å². The molecular formula is C29H37N5O7S. The Morgan fingerprint density at radius 2 is 1.79 bits per heavy atom. The van der Waals surface area contributed by atoms with Crippen LogP contribution in [-0.2, 0) is 37.4 Å². The van der Waals surface area contributed by atoms with Crippen LogP contribution in [0.5, 0.6) is 0 Å². The van der Waals surface area contributed by atoms with Crippen molar-refractivity contribution in [2.24, 2.45) is 5.92 Å². The van der Waals surface area contributed by atoms with Crippen molar-refractivity contribution in [3.8, 4) is 0 Å². The molecule has 1 aromatic rings. The lowest BCUT2D eigenvalue weighted by Crippen LogP contribution is -2.57. The second-order valence-corrected chi connectivity index (χ2v) is 14.0. The van der Waals surface area contributed by atoms with Gasteiger partial charge in [0.2, 0.25) is 15.9 Å². The molecule has 0 aromatic heterocycles. The van der Waals surface area contributed by atoms with Crippen LogP contribution in [-0.4, -0.2) is 78.2 Å². The average molecular weight is 600 g/mol. The van der Waals surface area contributed by atoms with Crippen LogP contribution in [0.2, 0.25) is 0 Å². The van der Waals surface area contributed by atoms with Crippen LogP contribution in [0.3, 0.4) is 0 Å². The lowest BCUT2D eigenvalue weighted by Gasteiger charge is -2.26. The van der Waals surface area contributed by atoms with E-state index in [1.807, 2.05) is 36.4 Å². The highest BCUT2D eigenvalue weighted by molar-refractivity contribution is 7.91. The van der Waals surface area contributed by atoms with Gasteiger partial charge in [0.1, 0.15) is 17.7 Å². The van der Waals surface area contributed by atoms with Crippen molar-refractivity contribution in [2.45, 2.75) is 87.4 Å². The highest BCUT2D eigenvalue weighted by Crippen LogP contribution is 2.46. The summed E-state index contributed by atoms with van der Waals surface area (Å²) in [5.41, 5.74) is 0.675. The molecule has 12 nitrogen and oxygen atoms in total. The number of hydrogen-bond acceptors (Lipinski definition) is 7. The maximum atomic E-state index is 13.7. The van der Waals surface area contributed by atoms with Gasteiger partial charge in [0.05, 0.1) is 11.8 Å². The number of allylic oxidation sites excluding steroid dienone is 1. The molecule has 2 aliphatic carbocycles. The van der Waals surface area contributed by atoms with E-state index in [0.717, 1.165) is 36.8 Å². The van der Waals surface area contributed by atoms with Gasteiger partial charge in [0.15, 0.2) is 0 Å². The van der Waals surface area contributed by atoms with Gasteiger partial charge in [-0.05, 0) is 49.7 Å².